The van der Waals surface area contributed by atoms with Gasteiger partial charge < -0.3 is 58.8 Å². The average molecular weight is 1800 g/mol. The first-order valence-electron chi connectivity index (χ1n) is 53.6. The predicted octanol–water partition coefficient (Wildman–Crippen LogP) is 28.2. The number of phosphoric ester groups is 1. The van der Waals surface area contributed by atoms with Gasteiger partial charge in [0, 0.05) is 25.8 Å². The highest BCUT2D eigenvalue weighted by molar-refractivity contribution is 7.46. The minimum atomic E-state index is -5.48. The number of amides is 2. The number of nitrogens with one attached hydrogen (secondary N) is 2. The van der Waals surface area contributed by atoms with E-state index in [-0.39, 0.29) is 57.1 Å². The standard InChI is InChI=1S/C98H187N2O17P.C6H15N/c1-7-13-19-25-31-37-40-42-43-45-48-54-60-65-71-77-92(105)113-86(74-68-62-56-50-35-29-23-17-11-5)82-90(103)100-95-97(116-94(107)83-87(75-69-63-57-51-36-30-24-18-12-6)114-93(106)78-72-66-58-52-46-39-33-27-21-15-9-3)96(117-118(108,109)110)88(84-101)115-98(95)111-80-79-99-89(102)81-85(73-67-61-55-49-34-28-22-16-10-4)112-91(104)76-70-64-59-53-47-44-41-38-32-26-20-14-8-2;1-4-7(5-2)6-3/h85-88,95-98,101H,7-84H2,1-6H3,(H,99,102)(H,100,103)(H2,108,109,110);4-6H2,1-3H3/t85-,86-,87-,88-,95-,96-,97-,98?;/m1./s1. The first kappa shape index (κ1) is 122. The van der Waals surface area contributed by atoms with Gasteiger partial charge in [0.05, 0.1) is 32.5 Å². The number of rotatable bonds is 93. The number of nitrogens with zero attached hydrogens (tertiary/aromatic N) is 1. The molecule has 0 saturated carbocycles. The van der Waals surface area contributed by atoms with Crippen LogP contribution in [0.1, 0.15) is 544 Å². The summed E-state index contributed by atoms with van der Waals surface area (Å²) in [5.41, 5.74) is 0. The molecule has 8 atom stereocenters. The summed E-state index contributed by atoms with van der Waals surface area (Å²) < 4.78 is 55.9. The van der Waals surface area contributed by atoms with Crippen LogP contribution in [-0.2, 0) is 66.3 Å². The second-order valence-electron chi connectivity index (χ2n) is 37.0. The van der Waals surface area contributed by atoms with Gasteiger partial charge in [-0.25, -0.2) is 4.57 Å². The molecule has 0 spiro atoms. The number of ether oxygens (including phenoxy) is 6. The van der Waals surface area contributed by atoms with Crippen molar-refractivity contribution in [2.24, 2.45) is 0 Å². The molecule has 1 aliphatic heterocycles. The highest BCUT2D eigenvalue weighted by Crippen LogP contribution is 2.43. The van der Waals surface area contributed by atoms with Crippen LogP contribution in [0.5, 0.6) is 0 Å². The maximum atomic E-state index is 15.0. The normalized spacial score (nSPS) is 16.0. The van der Waals surface area contributed by atoms with Crippen LogP contribution in [0.4, 0.5) is 0 Å². The monoisotopic (exact) mass is 1800 g/mol. The van der Waals surface area contributed by atoms with E-state index in [1.54, 1.807) is 0 Å². The van der Waals surface area contributed by atoms with Crippen molar-refractivity contribution in [2.45, 2.75) is 593 Å². The van der Waals surface area contributed by atoms with E-state index in [0.29, 0.717) is 44.9 Å². The zero-order valence-electron chi connectivity index (χ0n) is 82.8. The van der Waals surface area contributed by atoms with Crippen LogP contribution in [-0.4, -0.2) is 144 Å². The molecule has 1 saturated heterocycles. The fourth-order valence-corrected chi connectivity index (χ4v) is 17.7. The first-order chi connectivity index (χ1) is 60.9. The third-order valence-corrected chi connectivity index (χ3v) is 25.7. The molecule has 740 valence electrons. The first-order valence-corrected chi connectivity index (χ1v) is 55.1. The lowest BCUT2D eigenvalue weighted by Crippen LogP contribution is -2.66. The van der Waals surface area contributed by atoms with Crippen LogP contribution in [0, 0.1) is 0 Å². The van der Waals surface area contributed by atoms with Gasteiger partial charge in [0.25, 0.3) is 0 Å². The van der Waals surface area contributed by atoms with Crippen LogP contribution in [0.2, 0.25) is 0 Å². The second kappa shape index (κ2) is 91.3. The van der Waals surface area contributed by atoms with Crippen LogP contribution in [0.3, 0.4) is 0 Å². The minimum Gasteiger partial charge on any atom is -0.462 e. The summed E-state index contributed by atoms with van der Waals surface area (Å²) in [5.74, 6) is -3.13. The van der Waals surface area contributed by atoms with E-state index in [9.17, 15) is 48.2 Å². The SMILES string of the molecule is CCCCCCCCCCCCCCCCCC(=O)O[C@H](CCCCCCCCCCC)CC(=O)N[C@H]1C(OCCNC(=O)C[C@@H](CCCCCCCCCCC)OC(=O)CCCCCCCCCCCCCCC)O[C@H](CO)[C@@H](OP(=O)(O)O)[C@@H]1OC(=O)C[C@@H](CCCCCCCCCCC)OC(=O)CCCCCCCCCCCCC.CCN(CC)CC. The summed E-state index contributed by atoms with van der Waals surface area (Å²) in [6, 6.07) is -1.58. The molecule has 1 rings (SSSR count). The molecule has 2 amide bonds. The fourth-order valence-electron chi connectivity index (χ4n) is 17.2. The number of carbonyl (C=O) groups excluding carboxylic acids is 6. The van der Waals surface area contributed by atoms with Crippen LogP contribution in [0.15, 0.2) is 0 Å². The van der Waals surface area contributed by atoms with Crippen molar-refractivity contribution in [3.8, 4) is 0 Å². The molecule has 1 fully saturated rings. The van der Waals surface area contributed by atoms with E-state index in [2.05, 4.69) is 77.8 Å². The minimum absolute atomic E-state index is 0.0783. The van der Waals surface area contributed by atoms with Crippen molar-refractivity contribution < 1.29 is 81.2 Å². The number of hydrogen-bond donors (Lipinski definition) is 5. The molecule has 1 unspecified atom stereocenters. The van der Waals surface area contributed by atoms with E-state index in [0.717, 1.165) is 148 Å². The van der Waals surface area contributed by atoms with Crippen LogP contribution in [0.25, 0.3) is 0 Å². The third kappa shape index (κ3) is 79.1. The quantitative estimate of drug-likeness (QED) is 0.0164. The molecule has 0 aromatic rings. The molecule has 0 aromatic heterocycles. The zero-order valence-corrected chi connectivity index (χ0v) is 83.7. The van der Waals surface area contributed by atoms with Crippen molar-refractivity contribution in [1.29, 1.82) is 0 Å². The van der Waals surface area contributed by atoms with Crippen molar-refractivity contribution in [2.75, 3.05) is 39.4 Å². The van der Waals surface area contributed by atoms with Gasteiger partial charge in [-0.2, -0.15) is 0 Å². The number of esters is 4. The lowest BCUT2D eigenvalue weighted by molar-refractivity contribution is -0.270. The van der Waals surface area contributed by atoms with Crippen molar-refractivity contribution in [1.82, 2.24) is 15.5 Å². The Labute approximate surface area is 768 Å². The molecule has 0 aliphatic carbocycles. The molecule has 0 radical (unpaired) electrons. The highest BCUT2D eigenvalue weighted by Gasteiger charge is 2.52. The summed E-state index contributed by atoms with van der Waals surface area (Å²) in [4.78, 5) is 108. The van der Waals surface area contributed by atoms with Gasteiger partial charge in [0.1, 0.15) is 36.6 Å². The molecule has 1 aliphatic rings. The van der Waals surface area contributed by atoms with Crippen molar-refractivity contribution >= 4 is 43.5 Å². The average Bonchev–Trinajstić information content (AvgIpc) is 0.779. The summed E-state index contributed by atoms with van der Waals surface area (Å²) in [5, 5.41) is 16.9. The molecule has 1 heterocycles. The Hall–Kier alpha value is -3.23. The van der Waals surface area contributed by atoms with Crippen molar-refractivity contribution in [3.05, 3.63) is 0 Å². The Bertz CT molecular complexity index is 2450. The molecule has 0 bridgehead atoms. The molecular weight excluding hydrogens is 1590 g/mol. The molecule has 21 heteroatoms. The summed E-state index contributed by atoms with van der Waals surface area (Å²) in [6.45, 7) is 22.2. The van der Waals surface area contributed by atoms with Gasteiger partial charge in [-0.05, 0) is 77.4 Å². The fraction of sp³-hybridized carbons (Fsp3) is 0.942. The maximum Gasteiger partial charge on any atom is 0.470 e. The number of unbranched alkanes of at least 4 members (excludes halogenated alkanes) is 60. The van der Waals surface area contributed by atoms with Crippen LogP contribution >= 0.6 is 7.82 Å². The lowest BCUT2D eigenvalue weighted by atomic mass is 9.96. The third-order valence-electron chi connectivity index (χ3n) is 25.2. The molecule has 0 aromatic carbocycles. The predicted molar refractivity (Wildman–Crippen MR) is 517 cm³/mol. The van der Waals surface area contributed by atoms with E-state index < -0.39 is 93.6 Å². The Morgan fingerprint density at radius 2 is 0.592 bits per heavy atom. The van der Waals surface area contributed by atoms with E-state index in [4.69, 9.17) is 32.9 Å². The molecule has 20 nitrogen and oxygen atoms in total. The van der Waals surface area contributed by atoms with Gasteiger partial charge >= 0.3 is 31.7 Å². The highest BCUT2D eigenvalue weighted by atomic mass is 31.2. The van der Waals surface area contributed by atoms with Gasteiger partial charge in [0.2, 0.25) is 11.8 Å². The van der Waals surface area contributed by atoms with E-state index in [1.807, 2.05) is 0 Å². The number of aliphatic hydroxyl groups is 1. The molecule has 5 N–H and O–H groups in total. The van der Waals surface area contributed by atoms with Crippen LogP contribution < -0.4 is 10.6 Å². The Morgan fingerprint density at radius 3 is 0.848 bits per heavy atom. The summed E-state index contributed by atoms with van der Waals surface area (Å²) in [7, 11) is -5.48. The van der Waals surface area contributed by atoms with Crippen molar-refractivity contribution in [3.63, 3.8) is 0 Å². The van der Waals surface area contributed by atoms with E-state index >= 15 is 0 Å². The number of hydrogen-bond acceptors (Lipinski definition) is 16. The van der Waals surface area contributed by atoms with Gasteiger partial charge in [-0.3, -0.25) is 33.3 Å². The van der Waals surface area contributed by atoms with E-state index in [1.165, 1.54) is 270 Å². The topological polar surface area (TPSA) is 272 Å². The Balaban J connectivity index is 0.0000210. The Morgan fingerprint density at radius 1 is 0.336 bits per heavy atom. The molecule has 125 heavy (non-hydrogen) atoms. The largest absolute Gasteiger partial charge is 0.470 e. The summed E-state index contributed by atoms with van der Waals surface area (Å²) >= 11 is 0. The maximum absolute atomic E-state index is 15.0. The smallest absolute Gasteiger partial charge is 0.462 e. The summed E-state index contributed by atoms with van der Waals surface area (Å²) in [6.07, 6.45) is 66.4. The van der Waals surface area contributed by atoms with Gasteiger partial charge in [0.15, 0.2) is 12.4 Å². The Kier molecular flexibility index (Phi) is 88.9. The number of phosphoric acid groups is 1. The lowest BCUT2D eigenvalue weighted by Gasteiger charge is -2.45. The zero-order chi connectivity index (χ0) is 91.8. The van der Waals surface area contributed by atoms with Gasteiger partial charge in [-0.15, -0.1) is 0 Å². The second-order valence-corrected chi connectivity index (χ2v) is 38.1. The molecular formula is C104H202N3O17P. The number of carbonyl (C=O) groups is 6. The van der Waals surface area contributed by atoms with Gasteiger partial charge in [-0.1, -0.05) is 448 Å². The number of aliphatic hydroxyl groups excluding tert-OH is 1.